The van der Waals surface area contributed by atoms with Crippen LogP contribution in [-0.2, 0) is 4.79 Å². The second-order valence-corrected chi connectivity index (χ2v) is 6.00. The molecule has 5 nitrogen and oxygen atoms in total. The van der Waals surface area contributed by atoms with Crippen molar-refractivity contribution in [2.45, 2.75) is 19.3 Å². The highest BCUT2D eigenvalue weighted by atomic mass is 127. The maximum atomic E-state index is 11.7. The molecule has 1 aliphatic carbocycles. The van der Waals surface area contributed by atoms with Crippen LogP contribution in [0.1, 0.15) is 19.3 Å². The summed E-state index contributed by atoms with van der Waals surface area (Å²) in [5.74, 6) is -0.826. The lowest BCUT2D eigenvalue weighted by molar-refractivity contribution is -0.153. The molecule has 3 N–H and O–H groups in total. The van der Waals surface area contributed by atoms with Gasteiger partial charge in [-0.2, -0.15) is 0 Å². The number of halogens is 1. The van der Waals surface area contributed by atoms with Gasteiger partial charge >= 0.3 is 12.0 Å². The van der Waals surface area contributed by atoms with E-state index >= 15 is 0 Å². The number of benzene rings is 1. The third kappa shape index (κ3) is 3.37. The smallest absolute Gasteiger partial charge is 0.319 e. The number of aliphatic carboxylic acids is 1. The summed E-state index contributed by atoms with van der Waals surface area (Å²) in [6.07, 6.45) is 2.17. The van der Waals surface area contributed by atoms with E-state index in [0.29, 0.717) is 18.5 Å². The number of carbonyl (C=O) groups is 2. The minimum absolute atomic E-state index is 0.179. The van der Waals surface area contributed by atoms with Gasteiger partial charge in [-0.25, -0.2) is 4.79 Å². The standard InChI is InChI=1S/C13H15IN2O3/c14-9-2-4-10(5-3-9)16-12(19)15-8-13(11(17)18)6-1-7-13/h2-5H,1,6-8H2,(H,17,18)(H2,15,16,19). The van der Waals surface area contributed by atoms with Gasteiger partial charge in [-0.15, -0.1) is 0 Å². The number of hydrogen-bond acceptors (Lipinski definition) is 2. The lowest BCUT2D eigenvalue weighted by Gasteiger charge is -2.37. The number of carboxylic acids is 1. The third-order valence-electron chi connectivity index (χ3n) is 3.45. The van der Waals surface area contributed by atoms with E-state index in [0.717, 1.165) is 9.99 Å². The van der Waals surface area contributed by atoms with Crippen molar-refractivity contribution in [3.05, 3.63) is 27.8 Å². The van der Waals surface area contributed by atoms with Crippen LogP contribution < -0.4 is 10.6 Å². The number of anilines is 1. The zero-order valence-corrected chi connectivity index (χ0v) is 12.4. The van der Waals surface area contributed by atoms with Gasteiger partial charge in [-0.3, -0.25) is 4.79 Å². The number of nitrogens with one attached hydrogen (secondary N) is 2. The van der Waals surface area contributed by atoms with Crippen molar-refractivity contribution in [1.29, 1.82) is 0 Å². The van der Waals surface area contributed by atoms with Crippen LogP contribution >= 0.6 is 22.6 Å². The second-order valence-electron chi connectivity index (χ2n) is 4.75. The minimum atomic E-state index is -0.826. The van der Waals surface area contributed by atoms with Crippen LogP contribution in [0.3, 0.4) is 0 Å². The Bertz CT molecular complexity index is 483. The SMILES string of the molecule is O=C(NCC1(C(=O)O)CCC1)Nc1ccc(I)cc1. The summed E-state index contributed by atoms with van der Waals surface area (Å²) in [7, 11) is 0. The van der Waals surface area contributed by atoms with E-state index in [-0.39, 0.29) is 12.6 Å². The Kier molecular flexibility index (Phi) is 4.28. The lowest BCUT2D eigenvalue weighted by Crippen LogP contribution is -2.48. The van der Waals surface area contributed by atoms with E-state index in [1.165, 1.54) is 0 Å². The van der Waals surface area contributed by atoms with Crippen LogP contribution in [0.5, 0.6) is 0 Å². The summed E-state index contributed by atoms with van der Waals surface area (Å²) in [4.78, 5) is 22.8. The Morgan fingerprint density at radius 3 is 2.37 bits per heavy atom. The number of rotatable bonds is 4. The number of hydrogen-bond donors (Lipinski definition) is 3. The number of carbonyl (C=O) groups excluding carboxylic acids is 1. The Morgan fingerprint density at radius 1 is 1.26 bits per heavy atom. The molecule has 0 heterocycles. The molecule has 0 unspecified atom stereocenters. The molecule has 1 aliphatic rings. The predicted octanol–water partition coefficient (Wildman–Crippen LogP) is 2.67. The van der Waals surface area contributed by atoms with Crippen molar-refractivity contribution in [3.63, 3.8) is 0 Å². The van der Waals surface area contributed by atoms with Crippen LogP contribution in [0.15, 0.2) is 24.3 Å². The Labute approximate surface area is 124 Å². The van der Waals surface area contributed by atoms with Crippen LogP contribution in [0.2, 0.25) is 0 Å². The summed E-state index contributed by atoms with van der Waals surface area (Å²) in [6, 6.07) is 7.02. The number of urea groups is 1. The molecule has 0 radical (unpaired) electrons. The van der Waals surface area contributed by atoms with Crippen molar-refractivity contribution in [2.24, 2.45) is 5.41 Å². The molecular formula is C13H15IN2O3. The highest BCUT2D eigenvalue weighted by Crippen LogP contribution is 2.40. The Balaban J connectivity index is 1.85. The van der Waals surface area contributed by atoms with E-state index in [9.17, 15) is 9.59 Å². The maximum Gasteiger partial charge on any atom is 0.319 e. The third-order valence-corrected chi connectivity index (χ3v) is 4.17. The van der Waals surface area contributed by atoms with Crippen LogP contribution in [-0.4, -0.2) is 23.7 Å². The quantitative estimate of drug-likeness (QED) is 0.710. The maximum absolute atomic E-state index is 11.7. The first-order valence-corrected chi connectivity index (χ1v) is 7.14. The van der Waals surface area contributed by atoms with E-state index in [2.05, 4.69) is 33.2 Å². The summed E-state index contributed by atoms with van der Waals surface area (Å²) >= 11 is 2.18. The molecule has 2 rings (SSSR count). The molecule has 1 saturated carbocycles. The van der Waals surface area contributed by atoms with Crippen molar-refractivity contribution >= 4 is 40.3 Å². The Hall–Kier alpha value is -1.31. The molecule has 0 atom stereocenters. The zero-order valence-electron chi connectivity index (χ0n) is 10.3. The summed E-state index contributed by atoms with van der Waals surface area (Å²) in [5.41, 5.74) is -0.0699. The van der Waals surface area contributed by atoms with E-state index in [1.54, 1.807) is 12.1 Å². The van der Waals surface area contributed by atoms with Gasteiger partial charge < -0.3 is 15.7 Å². The van der Waals surface area contributed by atoms with E-state index in [4.69, 9.17) is 5.11 Å². The normalized spacial score (nSPS) is 16.3. The molecular weight excluding hydrogens is 359 g/mol. The van der Waals surface area contributed by atoms with Crippen molar-refractivity contribution < 1.29 is 14.7 Å². The van der Waals surface area contributed by atoms with Crippen LogP contribution in [0.4, 0.5) is 10.5 Å². The Morgan fingerprint density at radius 2 is 1.89 bits per heavy atom. The van der Waals surface area contributed by atoms with Crippen LogP contribution in [0, 0.1) is 8.99 Å². The molecule has 19 heavy (non-hydrogen) atoms. The first kappa shape index (κ1) is 14.1. The van der Waals surface area contributed by atoms with Crippen molar-refractivity contribution in [3.8, 4) is 0 Å². The fourth-order valence-corrected chi connectivity index (χ4v) is 2.39. The van der Waals surface area contributed by atoms with E-state index < -0.39 is 11.4 Å². The van der Waals surface area contributed by atoms with Crippen LogP contribution in [0.25, 0.3) is 0 Å². The summed E-state index contributed by atoms with van der Waals surface area (Å²) in [5, 5.41) is 14.5. The van der Waals surface area contributed by atoms with Gasteiger partial charge in [0.1, 0.15) is 0 Å². The molecule has 2 amide bonds. The number of amides is 2. The lowest BCUT2D eigenvalue weighted by atomic mass is 9.69. The molecule has 0 aliphatic heterocycles. The highest BCUT2D eigenvalue weighted by molar-refractivity contribution is 14.1. The summed E-state index contributed by atoms with van der Waals surface area (Å²) < 4.78 is 1.09. The molecule has 0 bridgehead atoms. The molecule has 6 heteroatoms. The minimum Gasteiger partial charge on any atom is -0.481 e. The van der Waals surface area contributed by atoms with Gasteiger partial charge in [0.25, 0.3) is 0 Å². The monoisotopic (exact) mass is 374 g/mol. The van der Waals surface area contributed by atoms with E-state index in [1.807, 2.05) is 12.1 Å². The average Bonchev–Trinajstić information content (AvgIpc) is 2.30. The predicted molar refractivity (Wildman–Crippen MR) is 80.1 cm³/mol. The fourth-order valence-electron chi connectivity index (χ4n) is 2.03. The molecule has 1 fully saturated rings. The van der Waals surface area contributed by atoms with Gasteiger partial charge in [-0.1, -0.05) is 6.42 Å². The van der Waals surface area contributed by atoms with Crippen molar-refractivity contribution in [2.75, 3.05) is 11.9 Å². The molecule has 0 spiro atoms. The largest absolute Gasteiger partial charge is 0.481 e. The molecule has 1 aromatic carbocycles. The molecule has 0 saturated heterocycles. The zero-order chi connectivity index (χ0) is 13.9. The summed E-state index contributed by atoms with van der Waals surface area (Å²) in [6.45, 7) is 0.179. The average molecular weight is 374 g/mol. The molecule has 0 aromatic heterocycles. The van der Waals surface area contributed by atoms with Crippen molar-refractivity contribution in [1.82, 2.24) is 5.32 Å². The van der Waals surface area contributed by atoms with Gasteiger partial charge in [-0.05, 0) is 59.7 Å². The topological polar surface area (TPSA) is 78.4 Å². The second kappa shape index (κ2) is 5.77. The highest BCUT2D eigenvalue weighted by Gasteiger charge is 2.44. The van der Waals surface area contributed by atoms with Gasteiger partial charge in [0.2, 0.25) is 0 Å². The van der Waals surface area contributed by atoms with Gasteiger partial charge in [0.15, 0.2) is 0 Å². The van der Waals surface area contributed by atoms with Gasteiger partial charge in [0, 0.05) is 15.8 Å². The molecule has 1 aromatic rings. The number of carboxylic acid groups (broad SMARTS) is 1. The molecule has 102 valence electrons. The first-order chi connectivity index (χ1) is 9.02. The fraction of sp³-hybridized carbons (Fsp3) is 0.385. The first-order valence-electron chi connectivity index (χ1n) is 6.06. The van der Waals surface area contributed by atoms with Gasteiger partial charge in [0.05, 0.1) is 5.41 Å².